The van der Waals surface area contributed by atoms with E-state index in [1.165, 1.54) is 0 Å². The summed E-state index contributed by atoms with van der Waals surface area (Å²) in [5.41, 5.74) is 4.45. The van der Waals surface area contributed by atoms with E-state index in [-0.39, 0.29) is 12.3 Å². The fraction of sp³-hybridized carbons (Fsp3) is 0.500. The molecule has 0 bridgehead atoms. The van der Waals surface area contributed by atoms with Gasteiger partial charge in [-0.05, 0) is 55.0 Å². The smallest absolute Gasteiger partial charge is 0.303 e. The number of benzene rings is 1. The Labute approximate surface area is 102 Å². The maximum atomic E-state index is 10.8. The van der Waals surface area contributed by atoms with Crippen molar-refractivity contribution in [2.45, 2.75) is 40.0 Å². The van der Waals surface area contributed by atoms with Gasteiger partial charge in [0.2, 0.25) is 0 Å². The Morgan fingerprint density at radius 1 is 1.35 bits per heavy atom. The summed E-state index contributed by atoms with van der Waals surface area (Å²) in [5, 5.41) is 8.87. The van der Waals surface area contributed by atoms with Gasteiger partial charge in [-0.15, -0.1) is 0 Å². The minimum atomic E-state index is -0.759. The topological polar surface area (TPSA) is 46.5 Å². The number of carboxylic acid groups (broad SMARTS) is 1. The maximum absolute atomic E-state index is 10.8. The zero-order valence-electron chi connectivity index (χ0n) is 11.1. The van der Waals surface area contributed by atoms with Crippen molar-refractivity contribution in [3.63, 3.8) is 0 Å². The van der Waals surface area contributed by atoms with E-state index in [4.69, 9.17) is 9.84 Å². The molecular formula is C14H20O3. The van der Waals surface area contributed by atoms with Gasteiger partial charge in [-0.3, -0.25) is 4.79 Å². The Morgan fingerprint density at radius 3 is 2.41 bits per heavy atom. The van der Waals surface area contributed by atoms with Gasteiger partial charge in [0.05, 0.1) is 13.5 Å². The molecule has 0 fully saturated rings. The standard InChI is InChI=1S/C14H20O3/c1-8-6-12(17-5)10(3)11(4)14(8)9(2)7-13(15)16/h6,9H,7H2,1-5H3,(H,15,16). The van der Waals surface area contributed by atoms with Crippen LogP contribution in [0, 0.1) is 20.8 Å². The van der Waals surface area contributed by atoms with Crippen LogP contribution in [0.5, 0.6) is 5.75 Å². The van der Waals surface area contributed by atoms with Crippen molar-refractivity contribution in [2.24, 2.45) is 0 Å². The van der Waals surface area contributed by atoms with Gasteiger partial charge >= 0.3 is 5.97 Å². The second-order valence-corrected chi connectivity index (χ2v) is 4.56. The predicted molar refractivity (Wildman–Crippen MR) is 67.9 cm³/mol. The van der Waals surface area contributed by atoms with Crippen LogP contribution in [-0.2, 0) is 4.79 Å². The van der Waals surface area contributed by atoms with Crippen LogP contribution in [0.25, 0.3) is 0 Å². The van der Waals surface area contributed by atoms with Crippen LogP contribution in [0.2, 0.25) is 0 Å². The third kappa shape index (κ3) is 2.78. The quantitative estimate of drug-likeness (QED) is 0.873. The largest absolute Gasteiger partial charge is 0.496 e. The average Bonchev–Trinajstić information content (AvgIpc) is 2.22. The lowest BCUT2D eigenvalue weighted by molar-refractivity contribution is -0.137. The lowest BCUT2D eigenvalue weighted by Crippen LogP contribution is -2.08. The van der Waals surface area contributed by atoms with Crippen LogP contribution in [0.15, 0.2) is 6.07 Å². The summed E-state index contributed by atoms with van der Waals surface area (Å²) in [5.74, 6) is 0.133. The van der Waals surface area contributed by atoms with Crippen LogP contribution in [0.4, 0.5) is 0 Å². The van der Waals surface area contributed by atoms with E-state index >= 15 is 0 Å². The number of hydrogen-bond acceptors (Lipinski definition) is 2. The summed E-state index contributed by atoms with van der Waals surface area (Å²) in [6, 6.07) is 1.98. The molecule has 1 N–H and O–H groups in total. The molecule has 0 radical (unpaired) electrons. The summed E-state index contributed by atoms with van der Waals surface area (Å²) in [6.45, 7) is 7.99. The summed E-state index contributed by atoms with van der Waals surface area (Å²) in [6.07, 6.45) is 0.160. The number of aryl methyl sites for hydroxylation is 1. The molecule has 0 saturated carbocycles. The molecule has 1 aromatic carbocycles. The van der Waals surface area contributed by atoms with Crippen molar-refractivity contribution < 1.29 is 14.6 Å². The zero-order chi connectivity index (χ0) is 13.2. The maximum Gasteiger partial charge on any atom is 0.303 e. The first-order chi connectivity index (χ1) is 7.88. The van der Waals surface area contributed by atoms with Crippen molar-refractivity contribution in [3.05, 3.63) is 28.3 Å². The fourth-order valence-electron chi connectivity index (χ4n) is 2.40. The first kappa shape index (κ1) is 13.6. The Morgan fingerprint density at radius 2 is 1.94 bits per heavy atom. The molecule has 3 nitrogen and oxygen atoms in total. The number of methoxy groups -OCH3 is 1. The van der Waals surface area contributed by atoms with Crippen molar-refractivity contribution in [3.8, 4) is 5.75 Å². The summed E-state index contributed by atoms with van der Waals surface area (Å²) >= 11 is 0. The van der Waals surface area contributed by atoms with Crippen molar-refractivity contribution >= 4 is 5.97 Å². The van der Waals surface area contributed by atoms with Crippen LogP contribution in [-0.4, -0.2) is 18.2 Å². The number of carboxylic acids is 1. The first-order valence-electron chi connectivity index (χ1n) is 5.75. The molecule has 3 heteroatoms. The van der Waals surface area contributed by atoms with Gasteiger partial charge in [-0.25, -0.2) is 0 Å². The molecule has 0 amide bonds. The monoisotopic (exact) mass is 236 g/mol. The lowest BCUT2D eigenvalue weighted by Gasteiger charge is -2.20. The molecule has 1 rings (SSSR count). The van der Waals surface area contributed by atoms with Gasteiger partial charge in [0.15, 0.2) is 0 Å². The molecule has 0 aliphatic rings. The van der Waals surface area contributed by atoms with E-state index in [0.717, 1.165) is 28.0 Å². The molecular weight excluding hydrogens is 216 g/mol. The highest BCUT2D eigenvalue weighted by Gasteiger charge is 2.18. The molecule has 1 unspecified atom stereocenters. The molecule has 1 aromatic rings. The molecule has 0 spiro atoms. The highest BCUT2D eigenvalue weighted by atomic mass is 16.5. The summed E-state index contributed by atoms with van der Waals surface area (Å²) in [4.78, 5) is 10.8. The summed E-state index contributed by atoms with van der Waals surface area (Å²) in [7, 11) is 1.65. The Balaban J connectivity index is 3.25. The Bertz CT molecular complexity index is 436. The highest BCUT2D eigenvalue weighted by molar-refractivity contribution is 5.68. The van der Waals surface area contributed by atoms with Gasteiger partial charge in [-0.2, -0.15) is 0 Å². The van der Waals surface area contributed by atoms with Gasteiger partial charge < -0.3 is 9.84 Å². The number of hydrogen-bond donors (Lipinski definition) is 1. The SMILES string of the molecule is COc1cc(C)c(C(C)CC(=O)O)c(C)c1C. The van der Waals surface area contributed by atoms with Gasteiger partial charge in [0, 0.05) is 0 Å². The second kappa shape index (κ2) is 5.21. The normalized spacial score (nSPS) is 12.3. The third-order valence-corrected chi connectivity index (χ3v) is 3.30. The lowest BCUT2D eigenvalue weighted by atomic mass is 9.87. The van der Waals surface area contributed by atoms with Gasteiger partial charge in [0.25, 0.3) is 0 Å². The van der Waals surface area contributed by atoms with E-state index in [2.05, 4.69) is 0 Å². The first-order valence-corrected chi connectivity index (χ1v) is 5.75. The summed E-state index contributed by atoms with van der Waals surface area (Å²) < 4.78 is 5.31. The Hall–Kier alpha value is -1.51. The van der Waals surface area contributed by atoms with E-state index in [1.54, 1.807) is 7.11 Å². The van der Waals surface area contributed by atoms with Crippen molar-refractivity contribution in [1.29, 1.82) is 0 Å². The predicted octanol–water partition coefficient (Wildman–Crippen LogP) is 3.20. The molecule has 94 valence electrons. The molecule has 0 aliphatic carbocycles. The van der Waals surface area contributed by atoms with Crippen LogP contribution >= 0.6 is 0 Å². The molecule has 0 aromatic heterocycles. The van der Waals surface area contributed by atoms with Gasteiger partial charge in [0.1, 0.15) is 5.75 Å². The minimum absolute atomic E-state index is 0.0251. The van der Waals surface area contributed by atoms with Crippen molar-refractivity contribution in [2.75, 3.05) is 7.11 Å². The molecule has 17 heavy (non-hydrogen) atoms. The number of aliphatic carboxylic acids is 1. The Kier molecular flexibility index (Phi) is 4.16. The molecule has 0 saturated heterocycles. The van der Waals surface area contributed by atoms with Crippen LogP contribution in [0.3, 0.4) is 0 Å². The fourth-order valence-corrected chi connectivity index (χ4v) is 2.40. The van der Waals surface area contributed by atoms with E-state index < -0.39 is 5.97 Å². The molecule has 0 heterocycles. The van der Waals surface area contributed by atoms with E-state index in [1.807, 2.05) is 33.8 Å². The highest BCUT2D eigenvalue weighted by Crippen LogP contribution is 2.33. The second-order valence-electron chi connectivity index (χ2n) is 4.56. The van der Waals surface area contributed by atoms with Gasteiger partial charge in [-0.1, -0.05) is 6.92 Å². The van der Waals surface area contributed by atoms with Crippen molar-refractivity contribution in [1.82, 2.24) is 0 Å². The average molecular weight is 236 g/mol. The van der Waals surface area contributed by atoms with Crippen LogP contribution in [0.1, 0.15) is 41.5 Å². The number of ether oxygens (including phenoxy) is 1. The zero-order valence-corrected chi connectivity index (χ0v) is 11.1. The van der Waals surface area contributed by atoms with E-state index in [9.17, 15) is 4.79 Å². The third-order valence-electron chi connectivity index (χ3n) is 3.30. The number of rotatable bonds is 4. The molecule has 1 atom stereocenters. The van der Waals surface area contributed by atoms with E-state index in [0.29, 0.717) is 0 Å². The minimum Gasteiger partial charge on any atom is -0.496 e. The number of carbonyl (C=O) groups is 1. The molecule has 0 aliphatic heterocycles. The van der Waals surface area contributed by atoms with Crippen LogP contribution < -0.4 is 4.74 Å².